The fourth-order valence-electron chi connectivity index (χ4n) is 1.39. The van der Waals surface area contributed by atoms with Gasteiger partial charge >= 0.3 is 0 Å². The van der Waals surface area contributed by atoms with Crippen LogP contribution in [0.4, 0.5) is 0 Å². The van der Waals surface area contributed by atoms with Gasteiger partial charge in [0.2, 0.25) is 15.9 Å². The van der Waals surface area contributed by atoms with Crippen molar-refractivity contribution in [2.24, 2.45) is 5.73 Å². The lowest BCUT2D eigenvalue weighted by molar-refractivity contribution is -0.121. The molecule has 21 heavy (non-hydrogen) atoms. The second-order valence-corrected chi connectivity index (χ2v) is 7.57. The Kier molecular flexibility index (Phi) is 5.37. The zero-order valence-corrected chi connectivity index (χ0v) is 13.6. The topological polar surface area (TPSA) is 114 Å². The molecule has 0 bridgehead atoms. The van der Waals surface area contributed by atoms with Crippen LogP contribution in [0.2, 0.25) is 0 Å². The highest BCUT2D eigenvalue weighted by Crippen LogP contribution is 2.07. The molecular weight excluding hydrogens is 312 g/mol. The van der Waals surface area contributed by atoms with Crippen LogP contribution in [0.25, 0.3) is 0 Å². The van der Waals surface area contributed by atoms with E-state index in [1.165, 1.54) is 12.1 Å². The summed E-state index contributed by atoms with van der Waals surface area (Å²) in [5, 5.41) is 2.65. The molecule has 0 fully saturated rings. The third-order valence-corrected chi connectivity index (χ3v) is 3.83. The van der Waals surface area contributed by atoms with Crippen LogP contribution in [0.3, 0.4) is 0 Å². The normalized spacial score (nSPS) is 12.0. The summed E-state index contributed by atoms with van der Waals surface area (Å²) < 4.78 is 26.2. The van der Waals surface area contributed by atoms with Gasteiger partial charge in [-0.25, -0.2) is 13.1 Å². The average Bonchev–Trinajstić information content (AvgIpc) is 2.34. The van der Waals surface area contributed by atoms with E-state index in [9.17, 15) is 13.2 Å². The lowest BCUT2D eigenvalue weighted by Crippen LogP contribution is -2.45. The number of amides is 1. The standard InChI is InChI=1S/C12H18N4O3S2/c1-12(2,3)16-10(17)7-15-21(18,19)8-4-5-9(11(13)20)14-6-8/h4-6,15H,7H2,1-3H3,(H2,13,20)(H,16,17). The molecule has 9 heteroatoms. The molecule has 0 radical (unpaired) electrons. The number of nitrogens with one attached hydrogen (secondary N) is 2. The summed E-state index contributed by atoms with van der Waals surface area (Å²) in [6.45, 7) is 5.06. The predicted octanol–water partition coefficient (Wildman–Crippen LogP) is -0.0912. The summed E-state index contributed by atoms with van der Waals surface area (Å²) in [6.07, 6.45) is 1.14. The number of pyridine rings is 1. The van der Waals surface area contributed by atoms with E-state index in [0.717, 1.165) is 6.20 Å². The smallest absolute Gasteiger partial charge is 0.242 e. The molecule has 0 aromatic carbocycles. The fraction of sp³-hybridized carbons (Fsp3) is 0.417. The number of rotatable bonds is 5. The highest BCUT2D eigenvalue weighted by molar-refractivity contribution is 7.89. The molecule has 0 spiro atoms. The van der Waals surface area contributed by atoms with Gasteiger partial charge in [0.15, 0.2) is 0 Å². The summed E-state index contributed by atoms with van der Waals surface area (Å²) in [6, 6.07) is 2.73. The summed E-state index contributed by atoms with van der Waals surface area (Å²) >= 11 is 4.73. The van der Waals surface area contributed by atoms with Crippen LogP contribution in [-0.4, -0.2) is 36.4 Å². The van der Waals surface area contributed by atoms with Crippen LogP contribution < -0.4 is 15.8 Å². The lowest BCUT2D eigenvalue weighted by atomic mass is 10.1. The minimum absolute atomic E-state index is 0.0638. The van der Waals surface area contributed by atoms with Crippen LogP contribution in [0.5, 0.6) is 0 Å². The van der Waals surface area contributed by atoms with Crippen LogP contribution in [0, 0.1) is 0 Å². The summed E-state index contributed by atoms with van der Waals surface area (Å²) in [7, 11) is -3.81. The molecule has 1 amide bonds. The van der Waals surface area contributed by atoms with E-state index in [4.69, 9.17) is 18.0 Å². The van der Waals surface area contributed by atoms with Crippen molar-refractivity contribution in [3.05, 3.63) is 24.0 Å². The first-order valence-corrected chi connectivity index (χ1v) is 7.97. The quantitative estimate of drug-likeness (QED) is 0.650. The Morgan fingerprint density at radius 2 is 2.00 bits per heavy atom. The van der Waals surface area contributed by atoms with Crippen molar-refractivity contribution >= 4 is 33.1 Å². The molecular formula is C12H18N4O3S2. The van der Waals surface area contributed by atoms with Gasteiger partial charge in [0, 0.05) is 11.7 Å². The first-order valence-electron chi connectivity index (χ1n) is 6.08. The van der Waals surface area contributed by atoms with Gasteiger partial charge in [-0.15, -0.1) is 0 Å². The van der Waals surface area contributed by atoms with Crippen molar-refractivity contribution in [3.63, 3.8) is 0 Å². The summed E-state index contributed by atoms with van der Waals surface area (Å²) in [5.41, 5.74) is 5.28. The molecule has 1 rings (SSSR count). The molecule has 7 nitrogen and oxygen atoms in total. The van der Waals surface area contributed by atoms with Crippen LogP contribution in [-0.2, 0) is 14.8 Å². The van der Waals surface area contributed by atoms with E-state index in [-0.39, 0.29) is 16.4 Å². The number of thiocarbonyl (C=S) groups is 1. The Morgan fingerprint density at radius 3 is 2.43 bits per heavy atom. The van der Waals surface area contributed by atoms with Crippen molar-refractivity contribution in [2.75, 3.05) is 6.54 Å². The molecule has 0 unspecified atom stereocenters. The minimum atomic E-state index is -3.81. The number of carbonyl (C=O) groups excluding carboxylic acids is 1. The van der Waals surface area contributed by atoms with Crippen LogP contribution in [0.15, 0.2) is 23.2 Å². The first kappa shape index (κ1) is 17.5. The van der Waals surface area contributed by atoms with Gasteiger partial charge < -0.3 is 11.1 Å². The van der Waals surface area contributed by atoms with Gasteiger partial charge in [0.05, 0.1) is 12.2 Å². The SMILES string of the molecule is CC(C)(C)NC(=O)CNS(=O)(=O)c1ccc(C(N)=S)nc1. The Morgan fingerprint density at radius 1 is 1.38 bits per heavy atom. The molecule has 116 valence electrons. The average molecular weight is 330 g/mol. The number of hydrogen-bond acceptors (Lipinski definition) is 5. The number of aromatic nitrogens is 1. The Labute approximate surface area is 129 Å². The number of sulfonamides is 1. The fourth-order valence-corrected chi connectivity index (χ4v) is 2.44. The van der Waals surface area contributed by atoms with Gasteiger partial charge in [-0.3, -0.25) is 9.78 Å². The van der Waals surface area contributed by atoms with Crippen molar-refractivity contribution in [3.8, 4) is 0 Å². The Balaban J connectivity index is 2.74. The molecule has 0 saturated heterocycles. The molecule has 1 heterocycles. The Bertz CT molecular complexity index is 633. The lowest BCUT2D eigenvalue weighted by Gasteiger charge is -2.20. The minimum Gasteiger partial charge on any atom is -0.388 e. The van der Waals surface area contributed by atoms with Crippen molar-refractivity contribution < 1.29 is 13.2 Å². The first-order chi connectivity index (χ1) is 9.51. The molecule has 4 N–H and O–H groups in total. The van der Waals surface area contributed by atoms with E-state index < -0.39 is 21.5 Å². The van der Waals surface area contributed by atoms with Gasteiger partial charge in [0.25, 0.3) is 0 Å². The van der Waals surface area contributed by atoms with E-state index >= 15 is 0 Å². The second-order valence-electron chi connectivity index (χ2n) is 5.37. The van der Waals surface area contributed by atoms with Crippen LogP contribution in [0.1, 0.15) is 26.5 Å². The zero-order chi connectivity index (χ0) is 16.3. The molecule has 0 atom stereocenters. The maximum absolute atomic E-state index is 12.0. The van der Waals surface area contributed by atoms with Gasteiger partial charge in [-0.05, 0) is 32.9 Å². The van der Waals surface area contributed by atoms with E-state index in [1.807, 2.05) is 0 Å². The highest BCUT2D eigenvalue weighted by atomic mass is 32.2. The van der Waals surface area contributed by atoms with E-state index in [1.54, 1.807) is 20.8 Å². The molecule has 0 aliphatic rings. The summed E-state index contributed by atoms with van der Waals surface area (Å²) in [5.74, 6) is -0.418. The highest BCUT2D eigenvalue weighted by Gasteiger charge is 2.18. The van der Waals surface area contributed by atoms with Crippen molar-refractivity contribution in [2.45, 2.75) is 31.2 Å². The van der Waals surface area contributed by atoms with Crippen molar-refractivity contribution in [1.82, 2.24) is 15.0 Å². The number of nitrogens with zero attached hydrogens (tertiary/aromatic N) is 1. The third-order valence-electron chi connectivity index (χ3n) is 2.24. The molecule has 1 aromatic heterocycles. The zero-order valence-electron chi connectivity index (χ0n) is 12.0. The van der Waals surface area contributed by atoms with E-state index in [0.29, 0.717) is 5.69 Å². The maximum atomic E-state index is 12.0. The number of hydrogen-bond donors (Lipinski definition) is 3. The molecule has 0 aliphatic carbocycles. The monoisotopic (exact) mass is 330 g/mol. The second kappa shape index (κ2) is 6.46. The predicted molar refractivity (Wildman–Crippen MR) is 83.2 cm³/mol. The molecule has 0 aliphatic heterocycles. The molecule has 1 aromatic rings. The maximum Gasteiger partial charge on any atom is 0.242 e. The largest absolute Gasteiger partial charge is 0.388 e. The van der Waals surface area contributed by atoms with Gasteiger partial charge in [-0.1, -0.05) is 12.2 Å². The summed E-state index contributed by atoms with van der Waals surface area (Å²) in [4.78, 5) is 15.5. The van der Waals surface area contributed by atoms with Gasteiger partial charge in [-0.2, -0.15) is 0 Å². The van der Waals surface area contributed by atoms with Crippen molar-refractivity contribution in [1.29, 1.82) is 0 Å². The number of carbonyl (C=O) groups is 1. The molecule has 0 saturated carbocycles. The third kappa shape index (κ3) is 5.74. The van der Waals surface area contributed by atoms with E-state index in [2.05, 4.69) is 15.0 Å². The Hall–Kier alpha value is -1.58. The van der Waals surface area contributed by atoms with Gasteiger partial charge in [0.1, 0.15) is 9.88 Å². The number of nitrogens with two attached hydrogens (primary N) is 1. The van der Waals surface area contributed by atoms with Crippen LogP contribution >= 0.6 is 12.2 Å².